The average Bonchev–Trinajstić information content (AvgIpc) is 2.92. The Morgan fingerprint density at radius 1 is 0.947 bits per heavy atom. The molecular weight excluding hydrogens is 505 g/mol. The molecule has 1 atom stereocenters. The second-order valence-corrected chi connectivity index (χ2v) is 10.9. The van der Waals surface area contributed by atoms with Gasteiger partial charge in [0.1, 0.15) is 18.4 Å². The quantitative estimate of drug-likeness (QED) is 0.390. The van der Waals surface area contributed by atoms with E-state index in [1.54, 1.807) is 43.3 Å². The van der Waals surface area contributed by atoms with Crippen molar-refractivity contribution >= 4 is 27.5 Å². The molecule has 9 heteroatoms. The lowest BCUT2D eigenvalue weighted by atomic mass is 10.1. The molecule has 202 valence electrons. The molecule has 38 heavy (non-hydrogen) atoms. The predicted molar refractivity (Wildman–Crippen MR) is 147 cm³/mol. The maximum absolute atomic E-state index is 13.9. The van der Waals surface area contributed by atoms with Gasteiger partial charge in [0.25, 0.3) is 10.0 Å². The van der Waals surface area contributed by atoms with E-state index in [0.29, 0.717) is 24.1 Å². The molecular formula is C29H34FN3O4S. The van der Waals surface area contributed by atoms with Crippen molar-refractivity contribution in [3.05, 3.63) is 95.3 Å². The van der Waals surface area contributed by atoms with E-state index >= 15 is 0 Å². The highest BCUT2D eigenvalue weighted by molar-refractivity contribution is 7.92. The van der Waals surface area contributed by atoms with Crippen LogP contribution in [-0.2, 0) is 32.6 Å². The molecule has 0 spiro atoms. The van der Waals surface area contributed by atoms with Gasteiger partial charge in [-0.25, -0.2) is 12.8 Å². The number of halogens is 1. The summed E-state index contributed by atoms with van der Waals surface area (Å²) in [4.78, 5) is 28.1. The van der Waals surface area contributed by atoms with Crippen LogP contribution in [0.2, 0.25) is 0 Å². The topological polar surface area (TPSA) is 86.8 Å². The SMILES string of the molecule is CCc1ccccc1N(CC(=O)N(Cc1ccc(F)cc1)[C@H](CC)C(=O)NC)S(=O)(=O)c1ccc(C)cc1. The van der Waals surface area contributed by atoms with Crippen LogP contribution in [0.15, 0.2) is 77.7 Å². The van der Waals surface area contributed by atoms with Gasteiger partial charge in [0.05, 0.1) is 10.6 Å². The molecule has 0 bridgehead atoms. The molecule has 0 aliphatic heterocycles. The number of aryl methyl sites for hydroxylation is 2. The van der Waals surface area contributed by atoms with Crippen LogP contribution in [0.5, 0.6) is 0 Å². The fraction of sp³-hybridized carbons (Fsp3) is 0.310. The number of rotatable bonds is 11. The van der Waals surface area contributed by atoms with Gasteiger partial charge in [0.15, 0.2) is 0 Å². The minimum atomic E-state index is -4.13. The number of nitrogens with zero attached hydrogens (tertiary/aromatic N) is 2. The summed E-state index contributed by atoms with van der Waals surface area (Å²) in [6, 6.07) is 18.3. The molecule has 0 aliphatic carbocycles. The van der Waals surface area contributed by atoms with Crippen LogP contribution in [0, 0.1) is 12.7 Å². The Hall–Kier alpha value is -3.72. The maximum Gasteiger partial charge on any atom is 0.264 e. The largest absolute Gasteiger partial charge is 0.357 e. The molecule has 7 nitrogen and oxygen atoms in total. The highest BCUT2D eigenvalue weighted by atomic mass is 32.2. The van der Waals surface area contributed by atoms with Crippen molar-refractivity contribution in [2.75, 3.05) is 17.9 Å². The first-order valence-electron chi connectivity index (χ1n) is 12.5. The zero-order chi connectivity index (χ0) is 27.9. The van der Waals surface area contributed by atoms with Gasteiger partial charge in [-0.1, -0.05) is 61.9 Å². The minimum Gasteiger partial charge on any atom is -0.357 e. The van der Waals surface area contributed by atoms with Crippen molar-refractivity contribution in [2.24, 2.45) is 0 Å². The molecule has 0 aliphatic rings. The number of likely N-dealkylation sites (N-methyl/N-ethyl adjacent to an activating group) is 1. The summed E-state index contributed by atoms with van der Waals surface area (Å²) in [5.74, 6) is -1.34. The number of para-hydroxylation sites is 1. The van der Waals surface area contributed by atoms with Gasteiger partial charge >= 0.3 is 0 Å². The summed E-state index contributed by atoms with van der Waals surface area (Å²) in [7, 11) is -2.65. The standard InChI is InChI=1S/C29H34FN3O4S/c1-5-23-9-7-8-10-27(23)33(38(36,37)25-17-11-21(3)12-18-25)20-28(34)32(26(6-2)29(35)31-4)19-22-13-15-24(30)16-14-22/h7-18,26H,5-6,19-20H2,1-4H3,(H,31,35)/t26-/m1/s1. The van der Waals surface area contributed by atoms with Crippen LogP contribution >= 0.6 is 0 Å². The number of anilines is 1. The smallest absolute Gasteiger partial charge is 0.264 e. The highest BCUT2D eigenvalue weighted by Gasteiger charge is 2.34. The number of sulfonamides is 1. The Kier molecular flexibility index (Phi) is 9.63. The molecule has 0 radical (unpaired) electrons. The van der Waals surface area contributed by atoms with Crippen LogP contribution in [0.25, 0.3) is 0 Å². The number of benzene rings is 3. The van der Waals surface area contributed by atoms with E-state index in [4.69, 9.17) is 0 Å². The molecule has 0 aromatic heterocycles. The van der Waals surface area contributed by atoms with Gasteiger partial charge in [-0.05, 0) is 61.2 Å². The average molecular weight is 540 g/mol. The van der Waals surface area contributed by atoms with Crippen LogP contribution in [0.1, 0.15) is 37.0 Å². The van der Waals surface area contributed by atoms with Crippen molar-refractivity contribution < 1.29 is 22.4 Å². The Labute approximate surface area is 224 Å². The highest BCUT2D eigenvalue weighted by Crippen LogP contribution is 2.28. The van der Waals surface area contributed by atoms with Crippen molar-refractivity contribution in [3.8, 4) is 0 Å². The minimum absolute atomic E-state index is 0.0128. The normalized spacial score (nSPS) is 12.0. The second-order valence-electron chi connectivity index (χ2n) is 8.99. The first-order valence-corrected chi connectivity index (χ1v) is 14.0. The van der Waals surface area contributed by atoms with Crippen molar-refractivity contribution in [2.45, 2.75) is 51.1 Å². The molecule has 0 saturated heterocycles. The molecule has 3 aromatic carbocycles. The predicted octanol–water partition coefficient (Wildman–Crippen LogP) is 4.45. The third-order valence-electron chi connectivity index (χ3n) is 6.43. The molecule has 3 rings (SSSR count). The van der Waals surface area contributed by atoms with E-state index < -0.39 is 34.3 Å². The Balaban J connectivity index is 2.09. The first kappa shape index (κ1) is 28.8. The molecule has 3 aromatic rings. The summed E-state index contributed by atoms with van der Waals surface area (Å²) >= 11 is 0. The van der Waals surface area contributed by atoms with Crippen molar-refractivity contribution in [1.29, 1.82) is 0 Å². The van der Waals surface area contributed by atoms with Crippen LogP contribution in [0.3, 0.4) is 0 Å². The zero-order valence-corrected chi connectivity index (χ0v) is 23.0. The molecule has 0 saturated carbocycles. The number of hydrogen-bond donors (Lipinski definition) is 1. The molecule has 0 fully saturated rings. The van der Waals surface area contributed by atoms with Crippen molar-refractivity contribution in [3.63, 3.8) is 0 Å². The van der Waals surface area contributed by atoms with Crippen LogP contribution in [0.4, 0.5) is 10.1 Å². The van der Waals surface area contributed by atoms with E-state index in [0.717, 1.165) is 15.4 Å². The molecule has 0 heterocycles. The fourth-order valence-corrected chi connectivity index (χ4v) is 5.73. The third-order valence-corrected chi connectivity index (χ3v) is 8.20. The number of nitrogens with one attached hydrogen (secondary N) is 1. The summed E-state index contributed by atoms with van der Waals surface area (Å²) < 4.78 is 42.5. The lowest BCUT2D eigenvalue weighted by Crippen LogP contribution is -2.51. The number of carbonyl (C=O) groups is 2. The van der Waals surface area contributed by atoms with Gasteiger partial charge in [-0.15, -0.1) is 0 Å². The fourth-order valence-electron chi connectivity index (χ4n) is 4.28. The number of amides is 2. The van der Waals surface area contributed by atoms with Gasteiger partial charge in [0.2, 0.25) is 11.8 Å². The second kappa shape index (κ2) is 12.7. The summed E-state index contributed by atoms with van der Waals surface area (Å²) in [5.41, 5.74) is 2.68. The van der Waals surface area contributed by atoms with Gasteiger partial charge in [-0.3, -0.25) is 13.9 Å². The first-order chi connectivity index (χ1) is 18.1. The molecule has 2 amide bonds. The van der Waals surface area contributed by atoms with E-state index in [9.17, 15) is 22.4 Å². The Morgan fingerprint density at radius 2 is 1.58 bits per heavy atom. The maximum atomic E-state index is 13.9. The summed E-state index contributed by atoms with van der Waals surface area (Å²) in [6.45, 7) is 5.05. The van der Waals surface area contributed by atoms with Crippen LogP contribution < -0.4 is 9.62 Å². The lowest BCUT2D eigenvalue weighted by Gasteiger charge is -2.33. The van der Waals surface area contributed by atoms with E-state index in [-0.39, 0.29) is 17.3 Å². The zero-order valence-electron chi connectivity index (χ0n) is 22.1. The van der Waals surface area contributed by atoms with E-state index in [1.807, 2.05) is 26.0 Å². The van der Waals surface area contributed by atoms with E-state index in [2.05, 4.69) is 5.32 Å². The van der Waals surface area contributed by atoms with Gasteiger partial charge in [0, 0.05) is 13.6 Å². The molecule has 1 N–H and O–H groups in total. The van der Waals surface area contributed by atoms with Crippen molar-refractivity contribution in [1.82, 2.24) is 10.2 Å². The Bertz CT molecular complexity index is 1360. The van der Waals surface area contributed by atoms with Gasteiger partial charge in [-0.2, -0.15) is 0 Å². The monoisotopic (exact) mass is 539 g/mol. The summed E-state index contributed by atoms with van der Waals surface area (Å²) in [5, 5.41) is 2.59. The van der Waals surface area contributed by atoms with E-state index in [1.165, 1.54) is 36.2 Å². The Morgan fingerprint density at radius 3 is 2.16 bits per heavy atom. The summed E-state index contributed by atoms with van der Waals surface area (Å²) in [6.07, 6.45) is 0.863. The third kappa shape index (κ3) is 6.58. The molecule has 0 unspecified atom stereocenters. The number of hydrogen-bond acceptors (Lipinski definition) is 4. The lowest BCUT2D eigenvalue weighted by molar-refractivity contribution is -0.140. The van der Waals surface area contributed by atoms with Gasteiger partial charge < -0.3 is 10.2 Å². The number of carbonyl (C=O) groups excluding carboxylic acids is 2. The van der Waals surface area contributed by atoms with Crippen LogP contribution in [-0.4, -0.2) is 44.8 Å².